The molecule has 0 rings (SSSR count). The van der Waals surface area contributed by atoms with Gasteiger partial charge in [0, 0.05) is 25.6 Å². The first kappa shape index (κ1) is 18.6. The summed E-state index contributed by atoms with van der Waals surface area (Å²) in [6.45, 7) is 10.3. The minimum Gasteiger partial charge on any atom is -0.381 e. The Bertz CT molecular complexity index is 209. The Morgan fingerprint density at radius 3 is 2.00 bits per heavy atom. The Kier molecular flexibility index (Phi) is 12.4. The number of hydrogen-bond donors (Lipinski definition) is 0. The molecule has 0 fully saturated rings. The van der Waals surface area contributed by atoms with E-state index in [0.717, 1.165) is 44.8 Å². The van der Waals surface area contributed by atoms with Gasteiger partial charge in [-0.2, -0.15) is 0 Å². The third kappa shape index (κ3) is 13.9. The SMILES string of the molecule is CC(C)CCCCOCCCCCCC(=O)C(C)C. The molecule has 0 radical (unpaired) electrons. The van der Waals surface area contributed by atoms with Gasteiger partial charge in [0.05, 0.1) is 0 Å². The zero-order valence-corrected chi connectivity index (χ0v) is 13.5. The van der Waals surface area contributed by atoms with Gasteiger partial charge in [0.25, 0.3) is 0 Å². The van der Waals surface area contributed by atoms with E-state index in [1.165, 1.54) is 25.7 Å². The first-order valence-corrected chi connectivity index (χ1v) is 8.14. The lowest BCUT2D eigenvalue weighted by Crippen LogP contribution is -2.06. The van der Waals surface area contributed by atoms with E-state index in [0.29, 0.717) is 5.78 Å². The van der Waals surface area contributed by atoms with Gasteiger partial charge >= 0.3 is 0 Å². The van der Waals surface area contributed by atoms with E-state index < -0.39 is 0 Å². The Morgan fingerprint density at radius 1 is 0.842 bits per heavy atom. The highest BCUT2D eigenvalue weighted by atomic mass is 16.5. The zero-order valence-electron chi connectivity index (χ0n) is 13.5. The molecule has 2 heteroatoms. The summed E-state index contributed by atoms with van der Waals surface area (Å²) in [5, 5.41) is 0. The fourth-order valence-corrected chi connectivity index (χ4v) is 2.00. The second-order valence-electron chi connectivity index (χ2n) is 6.29. The largest absolute Gasteiger partial charge is 0.381 e. The first-order valence-electron chi connectivity index (χ1n) is 8.14. The molecule has 0 unspecified atom stereocenters. The number of carbonyl (C=O) groups excluding carboxylic acids is 1. The topological polar surface area (TPSA) is 26.3 Å². The summed E-state index contributed by atoms with van der Waals surface area (Å²) in [7, 11) is 0. The van der Waals surface area contributed by atoms with Crippen molar-refractivity contribution in [3.8, 4) is 0 Å². The molecule has 0 saturated carbocycles. The molecule has 0 N–H and O–H groups in total. The maximum Gasteiger partial charge on any atom is 0.135 e. The smallest absolute Gasteiger partial charge is 0.135 e. The number of Topliss-reactive ketones (excluding diaryl/α,β-unsaturated/α-hetero) is 1. The average molecular weight is 270 g/mol. The van der Waals surface area contributed by atoms with Crippen molar-refractivity contribution in [3.63, 3.8) is 0 Å². The lowest BCUT2D eigenvalue weighted by Gasteiger charge is -2.06. The summed E-state index contributed by atoms with van der Waals surface area (Å²) in [4.78, 5) is 11.4. The van der Waals surface area contributed by atoms with E-state index in [4.69, 9.17) is 4.74 Å². The zero-order chi connectivity index (χ0) is 14.5. The van der Waals surface area contributed by atoms with Gasteiger partial charge in [-0.05, 0) is 25.2 Å². The van der Waals surface area contributed by atoms with Crippen molar-refractivity contribution in [1.29, 1.82) is 0 Å². The van der Waals surface area contributed by atoms with Crippen LogP contribution in [0.15, 0.2) is 0 Å². The Hall–Kier alpha value is -0.370. The Labute approximate surface area is 120 Å². The lowest BCUT2D eigenvalue weighted by atomic mass is 10.0. The van der Waals surface area contributed by atoms with Gasteiger partial charge < -0.3 is 4.74 Å². The molecule has 0 bridgehead atoms. The second kappa shape index (κ2) is 12.7. The van der Waals surface area contributed by atoms with E-state index in [1.54, 1.807) is 0 Å². The van der Waals surface area contributed by atoms with Crippen LogP contribution in [0.2, 0.25) is 0 Å². The fourth-order valence-electron chi connectivity index (χ4n) is 2.00. The van der Waals surface area contributed by atoms with Crippen LogP contribution in [0.25, 0.3) is 0 Å². The normalized spacial score (nSPS) is 11.5. The number of hydrogen-bond acceptors (Lipinski definition) is 2. The van der Waals surface area contributed by atoms with Crippen LogP contribution in [0.1, 0.15) is 79.1 Å². The van der Waals surface area contributed by atoms with Crippen LogP contribution in [0.4, 0.5) is 0 Å². The third-order valence-electron chi connectivity index (χ3n) is 3.43. The maximum absolute atomic E-state index is 11.4. The van der Waals surface area contributed by atoms with Crippen molar-refractivity contribution >= 4 is 5.78 Å². The van der Waals surface area contributed by atoms with Crippen molar-refractivity contribution in [1.82, 2.24) is 0 Å². The molecule has 2 nitrogen and oxygen atoms in total. The molecule has 0 aliphatic heterocycles. The number of ether oxygens (including phenoxy) is 1. The van der Waals surface area contributed by atoms with Gasteiger partial charge in [0.2, 0.25) is 0 Å². The number of unbranched alkanes of at least 4 members (excludes halogenated alkanes) is 4. The molecule has 0 amide bonds. The Balaban J connectivity index is 3.09. The lowest BCUT2D eigenvalue weighted by molar-refractivity contribution is -0.122. The molecule has 114 valence electrons. The fraction of sp³-hybridized carbons (Fsp3) is 0.941. The minimum absolute atomic E-state index is 0.203. The molecule has 0 spiro atoms. The standard InChI is InChI=1S/C17H34O2/c1-15(2)11-8-10-14-19-13-9-6-5-7-12-17(18)16(3)4/h15-16H,5-14H2,1-4H3. The van der Waals surface area contributed by atoms with E-state index >= 15 is 0 Å². The molecule has 0 aliphatic rings. The molecule has 0 aliphatic carbocycles. The molecule has 0 aromatic heterocycles. The van der Waals surface area contributed by atoms with Gasteiger partial charge in [0.1, 0.15) is 5.78 Å². The summed E-state index contributed by atoms with van der Waals surface area (Å²) >= 11 is 0. The van der Waals surface area contributed by atoms with Crippen molar-refractivity contribution in [2.75, 3.05) is 13.2 Å². The van der Waals surface area contributed by atoms with Crippen LogP contribution in [0.5, 0.6) is 0 Å². The van der Waals surface area contributed by atoms with E-state index in [2.05, 4.69) is 13.8 Å². The van der Waals surface area contributed by atoms with Crippen molar-refractivity contribution in [2.45, 2.75) is 79.1 Å². The predicted octanol–water partition coefficient (Wildman–Crippen LogP) is 5.00. The van der Waals surface area contributed by atoms with E-state index in [-0.39, 0.29) is 5.92 Å². The molecular weight excluding hydrogens is 236 g/mol. The molecule has 0 saturated heterocycles. The van der Waals surface area contributed by atoms with Crippen LogP contribution < -0.4 is 0 Å². The van der Waals surface area contributed by atoms with Crippen LogP contribution in [0.3, 0.4) is 0 Å². The number of ketones is 1. The van der Waals surface area contributed by atoms with Crippen molar-refractivity contribution < 1.29 is 9.53 Å². The van der Waals surface area contributed by atoms with Crippen LogP contribution >= 0.6 is 0 Å². The number of rotatable bonds is 13. The quantitative estimate of drug-likeness (QED) is 0.440. The predicted molar refractivity (Wildman–Crippen MR) is 82.4 cm³/mol. The van der Waals surface area contributed by atoms with Crippen LogP contribution in [-0.4, -0.2) is 19.0 Å². The number of carbonyl (C=O) groups is 1. The van der Waals surface area contributed by atoms with E-state index in [1.807, 2.05) is 13.8 Å². The molecular formula is C17H34O2. The highest BCUT2D eigenvalue weighted by Crippen LogP contribution is 2.08. The summed E-state index contributed by atoms with van der Waals surface area (Å²) < 4.78 is 5.61. The second-order valence-corrected chi connectivity index (χ2v) is 6.29. The van der Waals surface area contributed by atoms with Crippen LogP contribution in [-0.2, 0) is 9.53 Å². The molecule has 0 atom stereocenters. The highest BCUT2D eigenvalue weighted by Gasteiger charge is 2.05. The monoisotopic (exact) mass is 270 g/mol. The summed E-state index contributed by atoms with van der Waals surface area (Å²) in [6.07, 6.45) is 9.09. The average Bonchev–Trinajstić information content (AvgIpc) is 2.35. The summed E-state index contributed by atoms with van der Waals surface area (Å²) in [6, 6.07) is 0. The van der Waals surface area contributed by atoms with Gasteiger partial charge in [-0.3, -0.25) is 4.79 Å². The molecule has 19 heavy (non-hydrogen) atoms. The third-order valence-corrected chi connectivity index (χ3v) is 3.43. The van der Waals surface area contributed by atoms with Gasteiger partial charge in [-0.1, -0.05) is 53.4 Å². The minimum atomic E-state index is 0.203. The summed E-state index contributed by atoms with van der Waals surface area (Å²) in [5.41, 5.74) is 0. The highest BCUT2D eigenvalue weighted by molar-refractivity contribution is 5.80. The van der Waals surface area contributed by atoms with Gasteiger partial charge in [-0.15, -0.1) is 0 Å². The first-order chi connectivity index (χ1) is 9.04. The van der Waals surface area contributed by atoms with Gasteiger partial charge in [0.15, 0.2) is 0 Å². The van der Waals surface area contributed by atoms with Crippen molar-refractivity contribution in [2.24, 2.45) is 11.8 Å². The van der Waals surface area contributed by atoms with E-state index in [9.17, 15) is 4.79 Å². The summed E-state index contributed by atoms with van der Waals surface area (Å²) in [5.74, 6) is 1.42. The Morgan fingerprint density at radius 2 is 1.42 bits per heavy atom. The maximum atomic E-state index is 11.4. The molecule has 0 aromatic carbocycles. The van der Waals surface area contributed by atoms with Crippen molar-refractivity contribution in [3.05, 3.63) is 0 Å². The van der Waals surface area contributed by atoms with Crippen LogP contribution in [0, 0.1) is 11.8 Å². The molecule has 0 aromatic rings. The van der Waals surface area contributed by atoms with Gasteiger partial charge in [-0.25, -0.2) is 0 Å². The molecule has 0 heterocycles.